The highest BCUT2D eigenvalue weighted by molar-refractivity contribution is 9.09. The Morgan fingerprint density at radius 2 is 1.92 bits per heavy atom. The number of rotatable bonds is 4. The van der Waals surface area contributed by atoms with E-state index in [1.807, 2.05) is 30.3 Å². The predicted octanol–water partition coefficient (Wildman–Crippen LogP) is 2.58. The maximum absolute atomic E-state index is 11.5. The second-order valence-electron chi connectivity index (χ2n) is 2.41. The summed E-state index contributed by atoms with van der Waals surface area (Å²) in [6, 6.07) is 9.59. The van der Waals surface area contributed by atoms with Gasteiger partial charge in [0.1, 0.15) is 0 Å². The Bertz CT molecular complexity index is 248. The fraction of sp³-hybridized carbons (Fsp3) is 0.333. The van der Waals surface area contributed by atoms with Gasteiger partial charge in [0.2, 0.25) is 0 Å². The molecular formula is C9H11BrOS. The van der Waals surface area contributed by atoms with Gasteiger partial charge in [0.05, 0.1) is 10.8 Å². The Kier molecular flexibility index (Phi) is 4.54. The van der Waals surface area contributed by atoms with E-state index in [4.69, 9.17) is 0 Å². The van der Waals surface area contributed by atoms with Crippen molar-refractivity contribution in [3.63, 3.8) is 0 Å². The van der Waals surface area contributed by atoms with Crippen LogP contribution in [0.15, 0.2) is 35.2 Å². The summed E-state index contributed by atoms with van der Waals surface area (Å²) in [4.78, 5) is 0.929. The molecule has 0 saturated carbocycles. The van der Waals surface area contributed by atoms with Crippen LogP contribution in [0.3, 0.4) is 0 Å². The molecule has 0 bridgehead atoms. The minimum atomic E-state index is -0.813. The van der Waals surface area contributed by atoms with Crippen molar-refractivity contribution in [2.24, 2.45) is 0 Å². The molecule has 0 amide bonds. The molecule has 3 heteroatoms. The maximum atomic E-state index is 11.5. The molecule has 0 saturated heterocycles. The second kappa shape index (κ2) is 5.49. The lowest BCUT2D eigenvalue weighted by Crippen LogP contribution is -1.97. The van der Waals surface area contributed by atoms with Crippen LogP contribution in [0, 0.1) is 0 Å². The van der Waals surface area contributed by atoms with Crippen molar-refractivity contribution in [2.75, 3.05) is 11.1 Å². The molecular weight excluding hydrogens is 236 g/mol. The van der Waals surface area contributed by atoms with Gasteiger partial charge in [-0.1, -0.05) is 34.1 Å². The molecule has 0 fully saturated rings. The molecule has 1 rings (SSSR count). The Balaban J connectivity index is 2.54. The topological polar surface area (TPSA) is 17.1 Å². The third kappa shape index (κ3) is 3.07. The van der Waals surface area contributed by atoms with E-state index in [0.29, 0.717) is 0 Å². The Hall–Kier alpha value is -0.150. The molecule has 1 atom stereocenters. The average Bonchev–Trinajstić information content (AvgIpc) is 2.15. The maximum Gasteiger partial charge on any atom is 0.0529 e. The molecule has 1 nitrogen and oxygen atoms in total. The number of hydrogen-bond acceptors (Lipinski definition) is 1. The standard InChI is InChI=1S/C9H11BrOS/c10-7-4-8-12(11)9-5-2-1-3-6-9/h1-3,5-6H,4,7-8H2. The third-order valence-corrected chi connectivity index (χ3v) is 3.49. The molecule has 0 aromatic heterocycles. The van der Waals surface area contributed by atoms with Crippen LogP contribution in [0.25, 0.3) is 0 Å². The van der Waals surface area contributed by atoms with E-state index in [0.717, 1.165) is 22.4 Å². The normalized spacial score (nSPS) is 12.8. The molecule has 1 unspecified atom stereocenters. The van der Waals surface area contributed by atoms with Gasteiger partial charge in [-0.05, 0) is 18.6 Å². The Labute approximate surface area is 83.8 Å². The van der Waals surface area contributed by atoms with E-state index >= 15 is 0 Å². The first kappa shape index (κ1) is 9.93. The van der Waals surface area contributed by atoms with Gasteiger partial charge in [-0.3, -0.25) is 4.21 Å². The largest absolute Gasteiger partial charge is 0.254 e. The highest BCUT2D eigenvalue weighted by atomic mass is 79.9. The van der Waals surface area contributed by atoms with Crippen molar-refractivity contribution in [3.8, 4) is 0 Å². The Morgan fingerprint density at radius 1 is 1.25 bits per heavy atom. The van der Waals surface area contributed by atoms with E-state index in [1.165, 1.54) is 0 Å². The van der Waals surface area contributed by atoms with Gasteiger partial charge >= 0.3 is 0 Å². The summed E-state index contributed by atoms with van der Waals surface area (Å²) < 4.78 is 11.5. The zero-order chi connectivity index (χ0) is 8.81. The number of halogens is 1. The molecule has 0 aliphatic heterocycles. The van der Waals surface area contributed by atoms with Crippen molar-refractivity contribution < 1.29 is 4.21 Å². The molecule has 0 radical (unpaired) electrons. The molecule has 1 aromatic rings. The van der Waals surface area contributed by atoms with Crippen LogP contribution < -0.4 is 0 Å². The van der Waals surface area contributed by atoms with Gasteiger partial charge in [0.25, 0.3) is 0 Å². The summed E-state index contributed by atoms with van der Waals surface area (Å²) in [5.74, 6) is 0.745. The van der Waals surface area contributed by atoms with Crippen LogP contribution in [-0.2, 0) is 10.8 Å². The summed E-state index contributed by atoms with van der Waals surface area (Å²) in [5, 5.41) is 0.922. The van der Waals surface area contributed by atoms with Gasteiger partial charge < -0.3 is 0 Å². The highest BCUT2D eigenvalue weighted by Crippen LogP contribution is 2.06. The molecule has 0 spiro atoms. The van der Waals surface area contributed by atoms with Crippen LogP contribution in [-0.4, -0.2) is 15.3 Å². The lowest BCUT2D eigenvalue weighted by atomic mass is 10.4. The van der Waals surface area contributed by atoms with Crippen LogP contribution in [0.4, 0.5) is 0 Å². The van der Waals surface area contributed by atoms with Gasteiger partial charge in [0, 0.05) is 16.0 Å². The van der Waals surface area contributed by atoms with E-state index in [-0.39, 0.29) is 0 Å². The molecule has 0 N–H and O–H groups in total. The minimum Gasteiger partial charge on any atom is -0.254 e. The van der Waals surface area contributed by atoms with E-state index in [9.17, 15) is 4.21 Å². The first-order chi connectivity index (χ1) is 5.84. The van der Waals surface area contributed by atoms with Gasteiger partial charge in [-0.25, -0.2) is 0 Å². The van der Waals surface area contributed by atoms with E-state index < -0.39 is 10.8 Å². The van der Waals surface area contributed by atoms with Gasteiger partial charge in [0.15, 0.2) is 0 Å². The number of alkyl halides is 1. The summed E-state index contributed by atoms with van der Waals surface area (Å²) in [7, 11) is -0.813. The summed E-state index contributed by atoms with van der Waals surface area (Å²) >= 11 is 3.32. The highest BCUT2D eigenvalue weighted by Gasteiger charge is 2.00. The quantitative estimate of drug-likeness (QED) is 0.747. The number of hydrogen-bond donors (Lipinski definition) is 0. The van der Waals surface area contributed by atoms with Crippen molar-refractivity contribution in [1.82, 2.24) is 0 Å². The van der Waals surface area contributed by atoms with E-state index in [1.54, 1.807) is 0 Å². The second-order valence-corrected chi connectivity index (χ2v) is 4.77. The smallest absolute Gasteiger partial charge is 0.0529 e. The van der Waals surface area contributed by atoms with Crippen molar-refractivity contribution in [3.05, 3.63) is 30.3 Å². The first-order valence-electron chi connectivity index (χ1n) is 3.84. The SMILES string of the molecule is O=S(CCCBr)c1ccccc1. The van der Waals surface area contributed by atoms with Crippen molar-refractivity contribution >= 4 is 26.7 Å². The lowest BCUT2D eigenvalue weighted by molar-refractivity contribution is 0.682. The average molecular weight is 247 g/mol. The minimum absolute atomic E-state index is 0.745. The van der Waals surface area contributed by atoms with Crippen LogP contribution in [0.5, 0.6) is 0 Å². The van der Waals surface area contributed by atoms with Gasteiger partial charge in [-0.2, -0.15) is 0 Å². The molecule has 12 heavy (non-hydrogen) atoms. The summed E-state index contributed by atoms with van der Waals surface area (Å²) in [5.41, 5.74) is 0. The monoisotopic (exact) mass is 246 g/mol. The fourth-order valence-electron chi connectivity index (χ4n) is 0.876. The molecule has 66 valence electrons. The van der Waals surface area contributed by atoms with Crippen molar-refractivity contribution in [1.29, 1.82) is 0 Å². The van der Waals surface area contributed by atoms with E-state index in [2.05, 4.69) is 15.9 Å². The molecule has 0 heterocycles. The third-order valence-electron chi connectivity index (χ3n) is 1.47. The fourth-order valence-corrected chi connectivity index (χ4v) is 2.63. The van der Waals surface area contributed by atoms with Crippen LogP contribution in [0.2, 0.25) is 0 Å². The molecule has 1 aromatic carbocycles. The summed E-state index contributed by atoms with van der Waals surface area (Å²) in [6.45, 7) is 0. The molecule has 0 aliphatic carbocycles. The van der Waals surface area contributed by atoms with Crippen LogP contribution in [0.1, 0.15) is 6.42 Å². The molecule has 0 aliphatic rings. The lowest BCUT2D eigenvalue weighted by Gasteiger charge is -1.98. The summed E-state index contributed by atoms with van der Waals surface area (Å²) in [6.07, 6.45) is 0.960. The van der Waals surface area contributed by atoms with Gasteiger partial charge in [-0.15, -0.1) is 0 Å². The Morgan fingerprint density at radius 3 is 2.50 bits per heavy atom. The van der Waals surface area contributed by atoms with Crippen LogP contribution >= 0.6 is 15.9 Å². The zero-order valence-corrected chi connectivity index (χ0v) is 9.11. The predicted molar refractivity (Wildman–Crippen MR) is 56.1 cm³/mol. The van der Waals surface area contributed by atoms with Crippen molar-refractivity contribution in [2.45, 2.75) is 11.3 Å². The zero-order valence-electron chi connectivity index (χ0n) is 6.70. The first-order valence-corrected chi connectivity index (χ1v) is 6.28. The number of benzene rings is 1.